The molecule has 0 fully saturated rings. The van der Waals surface area contributed by atoms with Crippen molar-refractivity contribution in [2.45, 2.75) is 31.7 Å². The minimum absolute atomic E-state index is 0.0414. The highest BCUT2D eigenvalue weighted by Gasteiger charge is 2.17. The molecule has 6 heteroatoms. The molecule has 3 N–H and O–H groups in total. The molecule has 1 aromatic rings. The summed E-state index contributed by atoms with van der Waals surface area (Å²) in [6.07, 6.45) is 0. The lowest BCUT2D eigenvalue weighted by atomic mass is 10.1. The summed E-state index contributed by atoms with van der Waals surface area (Å²) in [6, 6.07) is 5.50. The Morgan fingerprint density at radius 2 is 1.79 bits per heavy atom. The summed E-state index contributed by atoms with van der Waals surface area (Å²) in [4.78, 5) is 12.0. The van der Waals surface area contributed by atoms with Gasteiger partial charge in [-0.25, -0.2) is 8.42 Å². The van der Waals surface area contributed by atoms with Gasteiger partial charge in [-0.3, -0.25) is 4.79 Å². The maximum atomic E-state index is 11.7. The predicted octanol–water partition coefficient (Wildman–Crippen LogP) is 1.40. The van der Waals surface area contributed by atoms with Crippen LogP contribution < -0.4 is 11.1 Å². The number of rotatable bonds is 5. The first kappa shape index (κ1) is 15.7. The van der Waals surface area contributed by atoms with Crippen molar-refractivity contribution in [1.82, 2.24) is 0 Å². The Balaban J connectivity index is 2.81. The van der Waals surface area contributed by atoms with Gasteiger partial charge in [0.2, 0.25) is 5.91 Å². The molecule has 0 radical (unpaired) electrons. The van der Waals surface area contributed by atoms with Gasteiger partial charge in [0, 0.05) is 5.69 Å². The molecule has 0 bridgehead atoms. The van der Waals surface area contributed by atoms with Gasteiger partial charge in [0.1, 0.15) is 0 Å². The molecule has 1 rings (SSSR count). The minimum atomic E-state index is -3.21. The van der Waals surface area contributed by atoms with Gasteiger partial charge in [-0.1, -0.05) is 20.8 Å². The Hall–Kier alpha value is -1.40. The van der Waals surface area contributed by atoms with Gasteiger partial charge in [0.15, 0.2) is 9.84 Å². The van der Waals surface area contributed by atoms with Crippen LogP contribution in [0.2, 0.25) is 0 Å². The van der Waals surface area contributed by atoms with E-state index in [1.165, 1.54) is 12.1 Å². The van der Waals surface area contributed by atoms with E-state index in [1.54, 1.807) is 19.1 Å². The number of nitrogens with one attached hydrogen (secondary N) is 1. The quantitative estimate of drug-likeness (QED) is 0.855. The Bertz CT molecular complexity index is 536. The Kier molecular flexibility index (Phi) is 5.08. The molecule has 5 nitrogen and oxygen atoms in total. The molecule has 0 aromatic heterocycles. The number of hydrogen-bond acceptors (Lipinski definition) is 4. The first-order valence-corrected chi connectivity index (χ1v) is 7.82. The van der Waals surface area contributed by atoms with Crippen LogP contribution in [0.25, 0.3) is 0 Å². The third-order valence-electron chi connectivity index (χ3n) is 2.88. The highest BCUT2D eigenvalue weighted by Crippen LogP contribution is 2.15. The van der Waals surface area contributed by atoms with Gasteiger partial charge in [-0.15, -0.1) is 0 Å². The summed E-state index contributed by atoms with van der Waals surface area (Å²) in [5.74, 6) is -0.183. The molecule has 0 saturated heterocycles. The van der Waals surface area contributed by atoms with E-state index in [1.807, 2.05) is 13.8 Å². The zero-order valence-electron chi connectivity index (χ0n) is 11.4. The lowest BCUT2D eigenvalue weighted by molar-refractivity contribution is -0.118. The molecule has 0 saturated carbocycles. The van der Waals surface area contributed by atoms with E-state index in [9.17, 15) is 13.2 Å². The summed E-state index contributed by atoms with van der Waals surface area (Å²) in [5, 5.41) is 2.66. The number of nitrogens with two attached hydrogens (primary N) is 1. The number of anilines is 1. The average Bonchev–Trinajstić information content (AvgIpc) is 2.38. The second-order valence-electron chi connectivity index (χ2n) is 4.69. The summed E-state index contributed by atoms with van der Waals surface area (Å²) in [6.45, 7) is 5.31. The third kappa shape index (κ3) is 4.04. The van der Waals surface area contributed by atoms with Crippen molar-refractivity contribution in [2.24, 2.45) is 11.7 Å². The second-order valence-corrected chi connectivity index (χ2v) is 6.97. The van der Waals surface area contributed by atoms with Crippen LogP contribution in [0, 0.1) is 5.92 Å². The number of carbonyl (C=O) groups excluding carboxylic acids is 1. The van der Waals surface area contributed by atoms with Crippen molar-refractivity contribution in [3.05, 3.63) is 24.3 Å². The van der Waals surface area contributed by atoms with Crippen LogP contribution in [0.1, 0.15) is 20.8 Å². The maximum Gasteiger partial charge on any atom is 0.241 e. The van der Waals surface area contributed by atoms with E-state index in [2.05, 4.69) is 5.32 Å². The van der Waals surface area contributed by atoms with Crippen LogP contribution >= 0.6 is 0 Å². The van der Waals surface area contributed by atoms with E-state index < -0.39 is 15.9 Å². The largest absolute Gasteiger partial charge is 0.325 e. The zero-order chi connectivity index (χ0) is 14.6. The number of hydrogen-bond donors (Lipinski definition) is 2. The van der Waals surface area contributed by atoms with Crippen LogP contribution in [0.3, 0.4) is 0 Å². The van der Waals surface area contributed by atoms with Crippen molar-refractivity contribution >= 4 is 21.4 Å². The van der Waals surface area contributed by atoms with Crippen molar-refractivity contribution in [3.8, 4) is 0 Å². The van der Waals surface area contributed by atoms with Crippen LogP contribution in [0.4, 0.5) is 5.69 Å². The van der Waals surface area contributed by atoms with Gasteiger partial charge in [0.25, 0.3) is 0 Å². The van der Waals surface area contributed by atoms with Crippen LogP contribution in [0.5, 0.6) is 0 Å². The molecule has 0 spiro atoms. The second kappa shape index (κ2) is 6.16. The fraction of sp³-hybridized carbons (Fsp3) is 0.462. The third-order valence-corrected chi connectivity index (χ3v) is 4.63. The molecule has 1 amide bonds. The highest BCUT2D eigenvalue weighted by molar-refractivity contribution is 7.91. The SMILES string of the molecule is CCS(=O)(=O)c1ccc(NC(=O)[C@@H](N)C(C)C)cc1. The normalized spacial score (nSPS) is 13.3. The van der Waals surface area contributed by atoms with E-state index in [0.717, 1.165) is 0 Å². The molecule has 1 aromatic carbocycles. The molecule has 0 aliphatic carbocycles. The molecule has 19 heavy (non-hydrogen) atoms. The monoisotopic (exact) mass is 284 g/mol. The van der Waals surface area contributed by atoms with Gasteiger partial charge in [-0.05, 0) is 30.2 Å². The predicted molar refractivity (Wildman–Crippen MR) is 75.6 cm³/mol. The van der Waals surface area contributed by atoms with E-state index >= 15 is 0 Å². The van der Waals surface area contributed by atoms with Crippen molar-refractivity contribution in [1.29, 1.82) is 0 Å². The molecule has 0 heterocycles. The summed E-state index contributed by atoms with van der Waals surface area (Å²) >= 11 is 0. The van der Waals surface area contributed by atoms with Crippen LogP contribution in [0.15, 0.2) is 29.2 Å². The van der Waals surface area contributed by atoms with Crippen molar-refractivity contribution in [3.63, 3.8) is 0 Å². The molecule has 0 aliphatic heterocycles. The van der Waals surface area contributed by atoms with E-state index in [0.29, 0.717) is 5.69 Å². The lowest BCUT2D eigenvalue weighted by Gasteiger charge is -2.15. The smallest absolute Gasteiger partial charge is 0.241 e. The summed E-state index contributed by atoms with van der Waals surface area (Å²) < 4.78 is 23.2. The first-order chi connectivity index (χ1) is 8.77. The van der Waals surface area contributed by atoms with E-state index in [-0.39, 0.29) is 22.5 Å². The number of sulfone groups is 1. The zero-order valence-corrected chi connectivity index (χ0v) is 12.2. The lowest BCUT2D eigenvalue weighted by Crippen LogP contribution is -2.39. The molecular weight excluding hydrogens is 264 g/mol. The van der Waals surface area contributed by atoms with Crippen LogP contribution in [-0.4, -0.2) is 26.1 Å². The highest BCUT2D eigenvalue weighted by atomic mass is 32.2. The first-order valence-electron chi connectivity index (χ1n) is 6.17. The molecule has 1 atom stereocenters. The number of amides is 1. The van der Waals surface area contributed by atoms with Gasteiger partial charge >= 0.3 is 0 Å². The molecular formula is C13H20N2O3S. The Morgan fingerprint density at radius 3 is 2.21 bits per heavy atom. The van der Waals surface area contributed by atoms with Gasteiger partial charge in [0.05, 0.1) is 16.7 Å². The average molecular weight is 284 g/mol. The fourth-order valence-electron chi connectivity index (χ4n) is 1.44. The number of carbonyl (C=O) groups is 1. The number of benzene rings is 1. The standard InChI is InChI=1S/C13H20N2O3S/c1-4-19(17,18)11-7-5-10(6-8-11)15-13(16)12(14)9(2)3/h5-9,12H,4,14H2,1-3H3,(H,15,16)/t12-/m0/s1. The molecule has 0 aliphatic rings. The summed E-state index contributed by atoms with van der Waals surface area (Å²) in [7, 11) is -3.21. The molecule has 106 valence electrons. The van der Waals surface area contributed by atoms with Gasteiger partial charge in [-0.2, -0.15) is 0 Å². The Morgan fingerprint density at radius 1 is 1.26 bits per heavy atom. The summed E-state index contributed by atoms with van der Waals surface area (Å²) in [5.41, 5.74) is 6.26. The topological polar surface area (TPSA) is 89.3 Å². The van der Waals surface area contributed by atoms with E-state index in [4.69, 9.17) is 5.73 Å². The fourth-order valence-corrected chi connectivity index (χ4v) is 2.32. The van der Waals surface area contributed by atoms with Gasteiger partial charge < -0.3 is 11.1 Å². The maximum absolute atomic E-state index is 11.7. The van der Waals surface area contributed by atoms with Crippen molar-refractivity contribution < 1.29 is 13.2 Å². The van der Waals surface area contributed by atoms with Crippen LogP contribution in [-0.2, 0) is 14.6 Å². The Labute approximate surface area is 114 Å². The van der Waals surface area contributed by atoms with Crippen molar-refractivity contribution in [2.75, 3.05) is 11.1 Å². The molecule has 0 unspecified atom stereocenters. The minimum Gasteiger partial charge on any atom is -0.325 e.